The predicted molar refractivity (Wildman–Crippen MR) is 85.1 cm³/mol. The van der Waals surface area contributed by atoms with Gasteiger partial charge in [0.2, 0.25) is 0 Å². The van der Waals surface area contributed by atoms with E-state index in [1.54, 1.807) is 11.4 Å². The Labute approximate surface area is 131 Å². The molecule has 0 atom stereocenters. The highest BCUT2D eigenvalue weighted by Crippen LogP contribution is 2.30. The monoisotopic (exact) mass is 374 g/mol. The summed E-state index contributed by atoms with van der Waals surface area (Å²) >= 11 is 4.48. The Kier molecular flexibility index (Phi) is 5.34. The maximum absolute atomic E-state index is 12.7. The molecular formula is C13H15BrN2O2S2. The Hall–Kier alpha value is -0.730. The fourth-order valence-corrected chi connectivity index (χ4v) is 5.69. The van der Waals surface area contributed by atoms with Gasteiger partial charge in [-0.25, -0.2) is 8.42 Å². The molecule has 0 bridgehead atoms. The van der Waals surface area contributed by atoms with Gasteiger partial charge in [-0.15, -0.1) is 11.3 Å². The zero-order valence-corrected chi connectivity index (χ0v) is 13.9. The minimum Gasteiger partial charge on any atom is -0.329 e. The molecule has 0 radical (unpaired) electrons. The average Bonchev–Trinajstić information content (AvgIpc) is 2.86. The van der Waals surface area contributed by atoms with Crippen molar-refractivity contribution in [3.63, 3.8) is 0 Å². The summed E-state index contributed by atoms with van der Waals surface area (Å²) in [4.78, 5) is 0. The van der Waals surface area contributed by atoms with Crippen LogP contribution in [0.5, 0.6) is 0 Å². The number of benzene rings is 1. The summed E-state index contributed by atoms with van der Waals surface area (Å²) in [6.07, 6.45) is 0. The van der Waals surface area contributed by atoms with Gasteiger partial charge in [-0.3, -0.25) is 0 Å². The minimum atomic E-state index is -3.52. The number of hydrogen-bond acceptors (Lipinski definition) is 4. The molecular weight excluding hydrogens is 360 g/mol. The molecule has 7 heteroatoms. The lowest BCUT2D eigenvalue weighted by atomic mass is 10.2. The molecule has 0 aliphatic carbocycles. The maximum Gasteiger partial charge on any atom is 0.254 e. The number of rotatable bonds is 6. The van der Waals surface area contributed by atoms with E-state index in [0.29, 0.717) is 21.8 Å². The van der Waals surface area contributed by atoms with Crippen LogP contribution in [0.2, 0.25) is 0 Å². The highest BCUT2D eigenvalue weighted by molar-refractivity contribution is 9.10. The van der Waals surface area contributed by atoms with Gasteiger partial charge < -0.3 is 5.73 Å². The summed E-state index contributed by atoms with van der Waals surface area (Å²) in [5.41, 5.74) is 6.50. The zero-order valence-electron chi connectivity index (χ0n) is 10.7. The molecule has 0 fully saturated rings. The molecule has 20 heavy (non-hydrogen) atoms. The molecule has 0 saturated carbocycles. The first kappa shape index (κ1) is 15.7. The molecule has 2 rings (SSSR count). The van der Waals surface area contributed by atoms with E-state index in [0.717, 1.165) is 5.56 Å². The van der Waals surface area contributed by atoms with Crippen LogP contribution in [0.1, 0.15) is 5.56 Å². The molecule has 0 unspecified atom stereocenters. The lowest BCUT2D eigenvalue weighted by Gasteiger charge is -2.21. The second-order valence-electron chi connectivity index (χ2n) is 4.17. The second kappa shape index (κ2) is 6.82. The van der Waals surface area contributed by atoms with Gasteiger partial charge in [-0.2, -0.15) is 4.31 Å². The van der Waals surface area contributed by atoms with Crippen LogP contribution in [0.15, 0.2) is 50.5 Å². The second-order valence-corrected chi connectivity index (χ2v) is 8.07. The van der Waals surface area contributed by atoms with E-state index in [1.807, 2.05) is 30.3 Å². The highest BCUT2D eigenvalue weighted by atomic mass is 79.9. The third-order valence-electron chi connectivity index (χ3n) is 2.74. The standard InChI is InChI=1S/C13H15BrN2O2S2/c14-12-6-9-19-13(12)20(17,18)16(8-7-15)10-11-4-2-1-3-5-11/h1-6,9H,7-8,10,15H2. The van der Waals surface area contributed by atoms with Crippen molar-refractivity contribution in [2.45, 2.75) is 10.8 Å². The molecule has 0 spiro atoms. The summed E-state index contributed by atoms with van der Waals surface area (Å²) < 4.78 is 27.7. The largest absolute Gasteiger partial charge is 0.329 e. The van der Waals surface area contributed by atoms with Gasteiger partial charge >= 0.3 is 0 Å². The smallest absolute Gasteiger partial charge is 0.254 e. The third kappa shape index (κ3) is 3.48. The van der Waals surface area contributed by atoms with Crippen molar-refractivity contribution in [3.8, 4) is 0 Å². The molecule has 0 amide bonds. The molecule has 2 aromatic rings. The van der Waals surface area contributed by atoms with Crippen molar-refractivity contribution in [1.82, 2.24) is 4.31 Å². The van der Waals surface area contributed by atoms with Crippen LogP contribution in [0.25, 0.3) is 0 Å². The van der Waals surface area contributed by atoms with Gasteiger partial charge in [0, 0.05) is 24.1 Å². The van der Waals surface area contributed by atoms with E-state index in [-0.39, 0.29) is 6.54 Å². The first-order chi connectivity index (χ1) is 9.55. The normalized spacial score (nSPS) is 11.9. The van der Waals surface area contributed by atoms with Gasteiger partial charge in [0.1, 0.15) is 4.21 Å². The van der Waals surface area contributed by atoms with Crippen LogP contribution in [0.3, 0.4) is 0 Å². The number of nitrogens with zero attached hydrogens (tertiary/aromatic N) is 1. The van der Waals surface area contributed by atoms with E-state index >= 15 is 0 Å². The molecule has 0 aliphatic heterocycles. The summed E-state index contributed by atoms with van der Waals surface area (Å²) in [7, 11) is -3.52. The van der Waals surface area contributed by atoms with Crippen molar-refractivity contribution >= 4 is 37.3 Å². The van der Waals surface area contributed by atoms with E-state index < -0.39 is 10.0 Å². The van der Waals surface area contributed by atoms with Crippen molar-refractivity contribution in [2.75, 3.05) is 13.1 Å². The molecule has 108 valence electrons. The van der Waals surface area contributed by atoms with Crippen LogP contribution in [0.4, 0.5) is 0 Å². The minimum absolute atomic E-state index is 0.287. The van der Waals surface area contributed by atoms with Gasteiger partial charge in [0.25, 0.3) is 10.0 Å². The van der Waals surface area contributed by atoms with Crippen LogP contribution >= 0.6 is 27.3 Å². The van der Waals surface area contributed by atoms with E-state index in [2.05, 4.69) is 15.9 Å². The van der Waals surface area contributed by atoms with Crippen molar-refractivity contribution < 1.29 is 8.42 Å². The average molecular weight is 375 g/mol. The molecule has 1 heterocycles. The van der Waals surface area contributed by atoms with Crippen molar-refractivity contribution in [1.29, 1.82) is 0 Å². The van der Waals surface area contributed by atoms with Gasteiger partial charge in [-0.1, -0.05) is 30.3 Å². The Bertz CT molecular complexity index is 656. The first-order valence-electron chi connectivity index (χ1n) is 6.03. The Morgan fingerprint density at radius 2 is 1.90 bits per heavy atom. The lowest BCUT2D eigenvalue weighted by molar-refractivity contribution is 0.415. The Morgan fingerprint density at radius 1 is 1.20 bits per heavy atom. The molecule has 1 aromatic carbocycles. The lowest BCUT2D eigenvalue weighted by Crippen LogP contribution is -2.34. The predicted octanol–water partition coefficient (Wildman–Crippen LogP) is 2.66. The molecule has 0 aliphatic rings. The number of hydrogen-bond donors (Lipinski definition) is 1. The van der Waals surface area contributed by atoms with E-state index in [9.17, 15) is 8.42 Å². The summed E-state index contributed by atoms with van der Waals surface area (Å²) in [5.74, 6) is 0. The highest BCUT2D eigenvalue weighted by Gasteiger charge is 2.27. The van der Waals surface area contributed by atoms with Gasteiger partial charge in [-0.05, 0) is 32.9 Å². The first-order valence-corrected chi connectivity index (χ1v) is 9.14. The fraction of sp³-hybridized carbons (Fsp3) is 0.231. The number of nitrogens with two attached hydrogens (primary N) is 1. The van der Waals surface area contributed by atoms with Crippen molar-refractivity contribution in [3.05, 3.63) is 51.8 Å². The maximum atomic E-state index is 12.7. The quantitative estimate of drug-likeness (QED) is 0.844. The van der Waals surface area contributed by atoms with Gasteiger partial charge in [0.15, 0.2) is 0 Å². The zero-order chi connectivity index (χ0) is 14.6. The summed E-state index contributed by atoms with van der Waals surface area (Å²) in [5, 5.41) is 1.75. The van der Waals surface area contributed by atoms with Crippen LogP contribution in [-0.4, -0.2) is 25.8 Å². The van der Waals surface area contributed by atoms with E-state index in [1.165, 1.54) is 15.6 Å². The topological polar surface area (TPSA) is 63.4 Å². The molecule has 2 N–H and O–H groups in total. The molecule has 0 saturated heterocycles. The Morgan fingerprint density at radius 3 is 2.45 bits per heavy atom. The van der Waals surface area contributed by atoms with Gasteiger partial charge in [0.05, 0.1) is 0 Å². The Balaban J connectivity index is 2.31. The summed E-state index contributed by atoms with van der Waals surface area (Å²) in [6.45, 7) is 0.904. The van der Waals surface area contributed by atoms with E-state index in [4.69, 9.17) is 5.73 Å². The molecule has 4 nitrogen and oxygen atoms in total. The van der Waals surface area contributed by atoms with Crippen molar-refractivity contribution in [2.24, 2.45) is 5.73 Å². The number of sulfonamides is 1. The number of halogens is 1. The molecule has 1 aromatic heterocycles. The fourth-order valence-electron chi connectivity index (χ4n) is 1.80. The third-order valence-corrected chi connectivity index (χ3v) is 7.23. The van der Waals surface area contributed by atoms with Crippen LogP contribution in [0, 0.1) is 0 Å². The van der Waals surface area contributed by atoms with Crippen LogP contribution in [-0.2, 0) is 16.6 Å². The van der Waals surface area contributed by atoms with Crippen LogP contribution < -0.4 is 5.73 Å². The summed E-state index contributed by atoms with van der Waals surface area (Å²) in [6, 6.07) is 11.2. The number of thiophene rings is 1. The SMILES string of the molecule is NCCN(Cc1ccccc1)S(=O)(=O)c1sccc1Br.